The number of aromatic amines is 1. The SMILES string of the molecule is COc1ccc2[nH]cc(C3=CCN(C(=O)CCc4ccccc4)CC3)c2c1. The highest BCUT2D eigenvalue weighted by molar-refractivity contribution is 5.94. The summed E-state index contributed by atoms with van der Waals surface area (Å²) in [5, 5.41) is 1.17. The summed E-state index contributed by atoms with van der Waals surface area (Å²) < 4.78 is 5.36. The van der Waals surface area contributed by atoms with E-state index in [9.17, 15) is 4.79 Å². The second kappa shape index (κ2) is 7.70. The highest BCUT2D eigenvalue weighted by Gasteiger charge is 2.19. The van der Waals surface area contributed by atoms with Crippen LogP contribution in [0.2, 0.25) is 0 Å². The molecule has 0 saturated heterocycles. The van der Waals surface area contributed by atoms with Gasteiger partial charge in [-0.25, -0.2) is 0 Å². The van der Waals surface area contributed by atoms with Crippen LogP contribution in [-0.4, -0.2) is 36.0 Å². The number of H-pyrrole nitrogens is 1. The normalized spacial score (nSPS) is 14.3. The van der Waals surface area contributed by atoms with Crippen LogP contribution >= 0.6 is 0 Å². The van der Waals surface area contributed by atoms with Crippen LogP contribution in [0.4, 0.5) is 0 Å². The fourth-order valence-corrected chi connectivity index (χ4v) is 3.69. The molecular weight excluding hydrogens is 336 g/mol. The van der Waals surface area contributed by atoms with E-state index in [1.54, 1.807) is 7.11 Å². The zero-order valence-corrected chi connectivity index (χ0v) is 15.6. The van der Waals surface area contributed by atoms with Gasteiger partial charge in [0, 0.05) is 42.2 Å². The van der Waals surface area contributed by atoms with Crippen molar-refractivity contribution in [1.82, 2.24) is 9.88 Å². The van der Waals surface area contributed by atoms with E-state index in [2.05, 4.69) is 35.5 Å². The molecule has 1 aliphatic heterocycles. The molecule has 4 heteroatoms. The van der Waals surface area contributed by atoms with Crippen molar-refractivity contribution in [1.29, 1.82) is 0 Å². The lowest BCUT2D eigenvalue weighted by Gasteiger charge is -2.26. The molecule has 0 aliphatic carbocycles. The molecule has 1 N–H and O–H groups in total. The first-order valence-corrected chi connectivity index (χ1v) is 9.41. The monoisotopic (exact) mass is 360 g/mol. The van der Waals surface area contributed by atoms with Gasteiger partial charge in [0.2, 0.25) is 5.91 Å². The van der Waals surface area contributed by atoms with Crippen molar-refractivity contribution in [2.75, 3.05) is 20.2 Å². The average molecular weight is 360 g/mol. The Balaban J connectivity index is 1.43. The van der Waals surface area contributed by atoms with Crippen molar-refractivity contribution < 1.29 is 9.53 Å². The van der Waals surface area contributed by atoms with Crippen LogP contribution in [0, 0.1) is 0 Å². The Bertz CT molecular complexity index is 972. The average Bonchev–Trinajstić information content (AvgIpc) is 3.16. The summed E-state index contributed by atoms with van der Waals surface area (Å²) in [5.74, 6) is 1.09. The van der Waals surface area contributed by atoms with Crippen molar-refractivity contribution >= 4 is 22.4 Å². The molecule has 0 fully saturated rings. The number of benzene rings is 2. The lowest BCUT2D eigenvalue weighted by atomic mass is 9.98. The van der Waals surface area contributed by atoms with E-state index in [4.69, 9.17) is 4.74 Å². The Hall–Kier alpha value is -3.01. The summed E-state index contributed by atoms with van der Waals surface area (Å²) in [6, 6.07) is 16.3. The quantitative estimate of drug-likeness (QED) is 0.732. The van der Waals surface area contributed by atoms with Crippen molar-refractivity contribution in [2.45, 2.75) is 19.3 Å². The van der Waals surface area contributed by atoms with Crippen LogP contribution in [-0.2, 0) is 11.2 Å². The van der Waals surface area contributed by atoms with Crippen LogP contribution in [0.1, 0.15) is 24.0 Å². The van der Waals surface area contributed by atoms with Crippen molar-refractivity contribution in [3.05, 3.63) is 71.9 Å². The van der Waals surface area contributed by atoms with E-state index >= 15 is 0 Å². The topological polar surface area (TPSA) is 45.3 Å². The van der Waals surface area contributed by atoms with E-state index < -0.39 is 0 Å². The van der Waals surface area contributed by atoms with Gasteiger partial charge in [-0.3, -0.25) is 4.79 Å². The lowest BCUT2D eigenvalue weighted by molar-refractivity contribution is -0.130. The molecule has 1 amide bonds. The number of fused-ring (bicyclic) bond motifs is 1. The number of nitrogens with one attached hydrogen (secondary N) is 1. The van der Waals surface area contributed by atoms with Crippen molar-refractivity contribution in [3.63, 3.8) is 0 Å². The van der Waals surface area contributed by atoms with E-state index in [0.717, 1.165) is 30.7 Å². The summed E-state index contributed by atoms with van der Waals surface area (Å²) in [5.41, 5.74) is 4.82. The summed E-state index contributed by atoms with van der Waals surface area (Å²) in [6.07, 6.45) is 6.49. The third-order valence-corrected chi connectivity index (χ3v) is 5.27. The van der Waals surface area contributed by atoms with Crippen molar-refractivity contribution in [3.8, 4) is 5.75 Å². The molecule has 0 spiro atoms. The Kier molecular flexibility index (Phi) is 4.97. The van der Waals surface area contributed by atoms with Gasteiger partial charge in [-0.2, -0.15) is 0 Å². The van der Waals surface area contributed by atoms with Gasteiger partial charge >= 0.3 is 0 Å². The predicted octanol–water partition coefficient (Wildman–Crippen LogP) is 4.43. The minimum Gasteiger partial charge on any atom is -0.497 e. The molecule has 0 unspecified atom stereocenters. The van der Waals surface area contributed by atoms with Gasteiger partial charge in [-0.15, -0.1) is 0 Å². The van der Waals surface area contributed by atoms with E-state index in [1.807, 2.05) is 35.2 Å². The van der Waals surface area contributed by atoms with E-state index in [1.165, 1.54) is 22.1 Å². The van der Waals surface area contributed by atoms with Crippen LogP contribution in [0.15, 0.2) is 60.8 Å². The first-order valence-electron chi connectivity index (χ1n) is 9.41. The first kappa shape index (κ1) is 17.4. The standard InChI is InChI=1S/C23H24N2O2/c1-27-19-8-9-22-20(15-19)21(16-24-22)18-11-13-25(14-12-18)23(26)10-7-17-5-3-2-4-6-17/h2-6,8-9,11,15-16,24H,7,10,12-14H2,1H3. The molecule has 0 saturated carbocycles. The largest absolute Gasteiger partial charge is 0.497 e. The smallest absolute Gasteiger partial charge is 0.223 e. The van der Waals surface area contributed by atoms with Crippen LogP contribution in [0.25, 0.3) is 16.5 Å². The summed E-state index contributed by atoms with van der Waals surface area (Å²) >= 11 is 0. The Morgan fingerprint density at radius 1 is 1.19 bits per heavy atom. The molecule has 1 aliphatic rings. The number of aromatic nitrogens is 1. The number of carbonyl (C=O) groups excluding carboxylic acids is 1. The number of methoxy groups -OCH3 is 1. The molecule has 3 aromatic rings. The number of hydrogen-bond donors (Lipinski definition) is 1. The number of rotatable bonds is 5. The van der Waals surface area contributed by atoms with Gasteiger partial charge in [0.1, 0.15) is 5.75 Å². The van der Waals surface area contributed by atoms with Crippen LogP contribution in [0.5, 0.6) is 5.75 Å². The second-order valence-corrected chi connectivity index (χ2v) is 6.92. The Morgan fingerprint density at radius 2 is 2.04 bits per heavy atom. The maximum Gasteiger partial charge on any atom is 0.223 e. The van der Waals surface area contributed by atoms with Gasteiger partial charge < -0.3 is 14.6 Å². The van der Waals surface area contributed by atoms with Gasteiger partial charge in [-0.1, -0.05) is 36.4 Å². The van der Waals surface area contributed by atoms with Crippen molar-refractivity contribution in [2.24, 2.45) is 0 Å². The minimum atomic E-state index is 0.231. The maximum absolute atomic E-state index is 12.5. The zero-order valence-electron chi connectivity index (χ0n) is 15.6. The summed E-state index contributed by atoms with van der Waals surface area (Å²) in [6.45, 7) is 1.45. The predicted molar refractivity (Wildman–Crippen MR) is 109 cm³/mol. The number of nitrogens with zero attached hydrogens (tertiary/aromatic N) is 1. The fraction of sp³-hybridized carbons (Fsp3) is 0.261. The Morgan fingerprint density at radius 3 is 2.78 bits per heavy atom. The lowest BCUT2D eigenvalue weighted by Crippen LogP contribution is -2.34. The molecule has 0 atom stereocenters. The van der Waals surface area contributed by atoms with Crippen LogP contribution < -0.4 is 4.74 Å². The molecule has 0 radical (unpaired) electrons. The van der Waals surface area contributed by atoms with E-state index in [-0.39, 0.29) is 5.91 Å². The number of carbonyl (C=O) groups is 1. The molecular formula is C23H24N2O2. The molecule has 27 heavy (non-hydrogen) atoms. The molecule has 4 nitrogen and oxygen atoms in total. The number of aryl methyl sites for hydroxylation is 1. The van der Waals surface area contributed by atoms with Crippen LogP contribution in [0.3, 0.4) is 0 Å². The van der Waals surface area contributed by atoms with E-state index in [0.29, 0.717) is 13.0 Å². The molecule has 2 heterocycles. The minimum absolute atomic E-state index is 0.231. The third kappa shape index (κ3) is 3.75. The van der Waals surface area contributed by atoms with Gasteiger partial charge in [-0.05, 0) is 42.2 Å². The van der Waals surface area contributed by atoms with Gasteiger partial charge in [0.25, 0.3) is 0 Å². The molecule has 1 aromatic heterocycles. The number of hydrogen-bond acceptors (Lipinski definition) is 2. The van der Waals surface area contributed by atoms with Gasteiger partial charge in [0.05, 0.1) is 7.11 Å². The number of ether oxygens (including phenoxy) is 1. The molecule has 0 bridgehead atoms. The summed E-state index contributed by atoms with van der Waals surface area (Å²) in [7, 11) is 1.69. The highest BCUT2D eigenvalue weighted by atomic mass is 16.5. The number of amides is 1. The summed E-state index contributed by atoms with van der Waals surface area (Å²) in [4.78, 5) is 17.8. The third-order valence-electron chi connectivity index (χ3n) is 5.27. The fourth-order valence-electron chi connectivity index (χ4n) is 3.69. The maximum atomic E-state index is 12.5. The highest BCUT2D eigenvalue weighted by Crippen LogP contribution is 2.31. The van der Waals surface area contributed by atoms with Gasteiger partial charge in [0.15, 0.2) is 0 Å². The molecule has 4 rings (SSSR count). The Labute approximate surface area is 159 Å². The molecule has 2 aromatic carbocycles. The second-order valence-electron chi connectivity index (χ2n) is 6.92. The zero-order chi connectivity index (χ0) is 18.6. The molecule has 138 valence electrons. The first-order chi connectivity index (χ1) is 13.2.